The van der Waals surface area contributed by atoms with Gasteiger partial charge in [0.25, 0.3) is 0 Å². The first-order valence-electron chi connectivity index (χ1n) is 5.06. The Morgan fingerprint density at radius 1 is 1.50 bits per heavy atom. The van der Waals surface area contributed by atoms with E-state index in [-0.39, 0.29) is 18.4 Å². The summed E-state index contributed by atoms with van der Waals surface area (Å²) in [5.41, 5.74) is 0. The fourth-order valence-corrected chi connectivity index (χ4v) is 1.59. The van der Waals surface area contributed by atoms with Crippen LogP contribution in [0.5, 0.6) is 0 Å². The van der Waals surface area contributed by atoms with Gasteiger partial charge in [-0.1, -0.05) is 6.92 Å². The number of carbonyl (C=O) groups is 2. The molecule has 0 aromatic carbocycles. The smallest absolute Gasteiger partial charge is 0.323 e. The Balaban J connectivity index is 2.49. The molecule has 0 aromatic heterocycles. The van der Waals surface area contributed by atoms with Crippen molar-refractivity contribution in [2.75, 3.05) is 13.1 Å². The number of likely N-dealkylation sites (N-methyl/N-ethyl adjacent to an activating group) is 1. The normalized spacial score (nSPS) is 17.6. The fraction of sp³-hybridized carbons (Fsp3) is 0.800. The van der Waals surface area contributed by atoms with Gasteiger partial charge in [0.2, 0.25) is 5.91 Å². The van der Waals surface area contributed by atoms with Gasteiger partial charge in [-0.3, -0.25) is 9.59 Å². The van der Waals surface area contributed by atoms with E-state index < -0.39 is 5.97 Å². The van der Waals surface area contributed by atoms with Gasteiger partial charge in [0.15, 0.2) is 0 Å². The van der Waals surface area contributed by atoms with Gasteiger partial charge in [0.1, 0.15) is 6.54 Å². The minimum absolute atomic E-state index is 0.00528. The lowest BCUT2D eigenvalue weighted by Crippen LogP contribution is -2.39. The van der Waals surface area contributed by atoms with Crippen LogP contribution in [-0.2, 0) is 9.59 Å². The summed E-state index contributed by atoms with van der Waals surface area (Å²) >= 11 is 0. The molecule has 1 aliphatic rings. The van der Waals surface area contributed by atoms with E-state index in [1.54, 1.807) is 6.92 Å². The molecule has 1 rings (SSSR count). The molecule has 14 heavy (non-hydrogen) atoms. The van der Waals surface area contributed by atoms with Gasteiger partial charge in [-0.25, -0.2) is 0 Å². The fourth-order valence-electron chi connectivity index (χ4n) is 1.59. The summed E-state index contributed by atoms with van der Waals surface area (Å²) in [5.74, 6) is -0.472. The largest absolute Gasteiger partial charge is 0.480 e. The van der Waals surface area contributed by atoms with E-state index in [0.29, 0.717) is 12.5 Å². The molecule has 4 heteroatoms. The summed E-state index contributed by atoms with van der Waals surface area (Å²) in [6, 6.07) is 0. The number of amides is 1. The second-order valence-electron chi connectivity index (χ2n) is 3.87. The van der Waals surface area contributed by atoms with Gasteiger partial charge in [-0.05, 0) is 25.7 Å². The van der Waals surface area contributed by atoms with Crippen LogP contribution in [0.25, 0.3) is 0 Å². The van der Waals surface area contributed by atoms with Gasteiger partial charge in [0.05, 0.1) is 0 Å². The topological polar surface area (TPSA) is 57.6 Å². The summed E-state index contributed by atoms with van der Waals surface area (Å²) < 4.78 is 0. The van der Waals surface area contributed by atoms with Gasteiger partial charge < -0.3 is 10.0 Å². The van der Waals surface area contributed by atoms with E-state index in [1.165, 1.54) is 4.90 Å². The van der Waals surface area contributed by atoms with Crippen LogP contribution in [0, 0.1) is 11.8 Å². The molecule has 1 unspecified atom stereocenters. The third-order valence-electron chi connectivity index (χ3n) is 2.74. The maximum atomic E-state index is 11.8. The Labute approximate surface area is 83.9 Å². The monoisotopic (exact) mass is 199 g/mol. The van der Waals surface area contributed by atoms with Crippen molar-refractivity contribution in [2.45, 2.75) is 26.7 Å². The Hall–Kier alpha value is -1.06. The molecule has 0 heterocycles. The number of rotatable bonds is 5. The van der Waals surface area contributed by atoms with Crippen molar-refractivity contribution in [3.8, 4) is 0 Å². The summed E-state index contributed by atoms with van der Waals surface area (Å²) in [5, 5.41) is 8.61. The highest BCUT2D eigenvalue weighted by Crippen LogP contribution is 2.37. The molecule has 0 bridgehead atoms. The van der Waals surface area contributed by atoms with Crippen molar-refractivity contribution < 1.29 is 14.7 Å². The zero-order valence-corrected chi connectivity index (χ0v) is 8.69. The predicted molar refractivity (Wildman–Crippen MR) is 51.8 cm³/mol. The van der Waals surface area contributed by atoms with E-state index in [2.05, 4.69) is 0 Å². The second kappa shape index (κ2) is 4.44. The molecule has 1 amide bonds. The van der Waals surface area contributed by atoms with E-state index in [1.807, 2.05) is 6.92 Å². The third kappa shape index (κ3) is 2.72. The average molecular weight is 199 g/mol. The number of carboxylic acids is 1. The first kappa shape index (κ1) is 11.0. The van der Waals surface area contributed by atoms with Gasteiger partial charge >= 0.3 is 5.97 Å². The lowest BCUT2D eigenvalue weighted by atomic mass is 10.1. The number of nitrogens with zero attached hydrogens (tertiary/aromatic N) is 1. The van der Waals surface area contributed by atoms with Crippen molar-refractivity contribution in [3.05, 3.63) is 0 Å². The lowest BCUT2D eigenvalue weighted by Gasteiger charge is -2.22. The molecule has 4 nitrogen and oxygen atoms in total. The first-order chi connectivity index (χ1) is 6.56. The Kier molecular flexibility index (Phi) is 3.49. The summed E-state index contributed by atoms with van der Waals surface area (Å²) in [6.45, 7) is 4.00. The van der Waals surface area contributed by atoms with Gasteiger partial charge in [-0.15, -0.1) is 0 Å². The second-order valence-corrected chi connectivity index (χ2v) is 3.87. The van der Waals surface area contributed by atoms with Gasteiger partial charge in [-0.2, -0.15) is 0 Å². The number of aliphatic carboxylic acids is 1. The highest BCUT2D eigenvalue weighted by molar-refractivity contribution is 5.83. The zero-order chi connectivity index (χ0) is 10.7. The Morgan fingerprint density at radius 3 is 2.43 bits per heavy atom. The highest BCUT2D eigenvalue weighted by Gasteiger charge is 2.34. The molecule has 0 radical (unpaired) electrons. The molecular formula is C10H17NO3. The molecule has 1 fully saturated rings. The average Bonchev–Trinajstić information content (AvgIpc) is 2.94. The minimum atomic E-state index is -0.941. The van der Waals surface area contributed by atoms with Crippen molar-refractivity contribution in [1.82, 2.24) is 4.90 Å². The van der Waals surface area contributed by atoms with Crippen LogP contribution in [0.2, 0.25) is 0 Å². The van der Waals surface area contributed by atoms with Crippen LogP contribution in [0.3, 0.4) is 0 Å². The van der Waals surface area contributed by atoms with Crippen LogP contribution in [0.4, 0.5) is 0 Å². The van der Waals surface area contributed by atoms with Crippen LogP contribution in [-0.4, -0.2) is 35.0 Å². The zero-order valence-electron chi connectivity index (χ0n) is 8.69. The molecule has 1 saturated carbocycles. The van der Waals surface area contributed by atoms with E-state index in [4.69, 9.17) is 5.11 Å². The SMILES string of the molecule is CCN(CC(=O)O)C(=O)C(C)C1CC1. The summed E-state index contributed by atoms with van der Waals surface area (Å²) in [6.07, 6.45) is 2.22. The molecule has 0 aliphatic heterocycles. The van der Waals surface area contributed by atoms with Crippen molar-refractivity contribution >= 4 is 11.9 Å². The Morgan fingerprint density at radius 2 is 2.07 bits per heavy atom. The van der Waals surface area contributed by atoms with Crippen LogP contribution in [0.1, 0.15) is 26.7 Å². The number of carbonyl (C=O) groups excluding carboxylic acids is 1. The third-order valence-corrected chi connectivity index (χ3v) is 2.74. The number of hydrogen-bond donors (Lipinski definition) is 1. The van der Waals surface area contributed by atoms with Crippen LogP contribution >= 0.6 is 0 Å². The van der Waals surface area contributed by atoms with E-state index >= 15 is 0 Å². The van der Waals surface area contributed by atoms with Crippen molar-refractivity contribution in [2.24, 2.45) is 11.8 Å². The standard InChI is InChI=1S/C10H17NO3/c1-3-11(6-9(12)13)10(14)7(2)8-4-5-8/h7-8H,3-6H2,1-2H3,(H,12,13). The molecule has 0 spiro atoms. The predicted octanol–water partition coefficient (Wildman–Crippen LogP) is 0.966. The molecule has 1 atom stereocenters. The molecule has 1 N–H and O–H groups in total. The first-order valence-corrected chi connectivity index (χ1v) is 5.06. The van der Waals surface area contributed by atoms with Gasteiger partial charge in [0, 0.05) is 12.5 Å². The molecule has 0 saturated heterocycles. The maximum Gasteiger partial charge on any atom is 0.323 e. The van der Waals surface area contributed by atoms with E-state index in [0.717, 1.165) is 12.8 Å². The summed E-state index contributed by atoms with van der Waals surface area (Å²) in [7, 11) is 0. The Bertz CT molecular complexity index is 236. The minimum Gasteiger partial charge on any atom is -0.480 e. The number of hydrogen-bond acceptors (Lipinski definition) is 2. The van der Waals surface area contributed by atoms with Crippen molar-refractivity contribution in [3.63, 3.8) is 0 Å². The molecular weight excluding hydrogens is 182 g/mol. The molecule has 1 aliphatic carbocycles. The van der Waals surface area contributed by atoms with Crippen LogP contribution < -0.4 is 0 Å². The van der Waals surface area contributed by atoms with E-state index in [9.17, 15) is 9.59 Å². The summed E-state index contributed by atoms with van der Waals surface area (Å²) in [4.78, 5) is 23.6. The molecule has 0 aromatic rings. The quantitative estimate of drug-likeness (QED) is 0.717. The van der Waals surface area contributed by atoms with Crippen LogP contribution in [0.15, 0.2) is 0 Å². The maximum absolute atomic E-state index is 11.8. The lowest BCUT2D eigenvalue weighted by molar-refractivity contribution is -0.146. The van der Waals surface area contributed by atoms with Crippen molar-refractivity contribution in [1.29, 1.82) is 0 Å². The highest BCUT2D eigenvalue weighted by atomic mass is 16.4. The molecule has 80 valence electrons. The number of carboxylic acid groups (broad SMARTS) is 1.